The van der Waals surface area contributed by atoms with E-state index in [0.717, 1.165) is 17.2 Å². The number of guanidine groups is 1. The van der Waals surface area contributed by atoms with Crippen molar-refractivity contribution in [3.63, 3.8) is 0 Å². The van der Waals surface area contributed by atoms with E-state index >= 15 is 0 Å². The van der Waals surface area contributed by atoms with Gasteiger partial charge in [0.15, 0.2) is 5.96 Å². The molecule has 1 aliphatic heterocycles. The van der Waals surface area contributed by atoms with Crippen LogP contribution < -0.4 is 10.2 Å². The number of hydrogen-bond donors (Lipinski definition) is 1. The Morgan fingerprint density at radius 2 is 1.81 bits per heavy atom. The number of carbonyl (C=O) groups excluding carboxylic acids is 1. The van der Waals surface area contributed by atoms with Gasteiger partial charge in [0.05, 0.1) is 13.1 Å². The summed E-state index contributed by atoms with van der Waals surface area (Å²) in [5.74, 6) is 0.834. The minimum atomic E-state index is -0.279. The second-order valence-corrected chi connectivity index (χ2v) is 6.31. The number of aliphatic imine (C=N–C) groups is 1. The Kier molecular flexibility index (Phi) is 7.90. The van der Waals surface area contributed by atoms with E-state index in [1.165, 1.54) is 5.56 Å². The van der Waals surface area contributed by atoms with Crippen molar-refractivity contribution in [2.24, 2.45) is 4.99 Å². The zero-order chi connectivity index (χ0) is 18.4. The highest BCUT2D eigenvalue weighted by Crippen LogP contribution is 2.19. The number of ether oxygens (including phenoxy) is 1. The van der Waals surface area contributed by atoms with Crippen molar-refractivity contribution in [2.75, 3.05) is 32.1 Å². The van der Waals surface area contributed by atoms with Gasteiger partial charge in [0.2, 0.25) is 0 Å². The fourth-order valence-electron chi connectivity index (χ4n) is 2.71. The molecule has 0 radical (unpaired) electrons. The molecule has 0 atom stereocenters. The molecule has 3 rings (SSSR count). The number of nitrogens with zero attached hydrogens (tertiary/aromatic N) is 3. The first kappa shape index (κ1) is 21.0. The maximum atomic E-state index is 11.6. The second kappa shape index (κ2) is 10.1. The minimum Gasteiger partial charge on any atom is -0.447 e. The van der Waals surface area contributed by atoms with Crippen molar-refractivity contribution in [1.29, 1.82) is 0 Å². The average Bonchev–Trinajstić information content (AvgIpc) is 3.09. The number of carbonyl (C=O) groups is 1. The summed E-state index contributed by atoms with van der Waals surface area (Å²) in [4.78, 5) is 19.9. The highest BCUT2D eigenvalue weighted by atomic mass is 127. The zero-order valence-electron chi connectivity index (χ0n) is 15.6. The van der Waals surface area contributed by atoms with Gasteiger partial charge in [-0.15, -0.1) is 24.0 Å². The van der Waals surface area contributed by atoms with Crippen LogP contribution in [0.2, 0.25) is 0 Å². The van der Waals surface area contributed by atoms with Crippen molar-refractivity contribution in [3.05, 3.63) is 65.7 Å². The van der Waals surface area contributed by atoms with Gasteiger partial charge < -0.3 is 15.0 Å². The SMILES string of the molecule is CN(C)C(=NCc1ccccc1)NCc1ccc(N2CCOC2=O)cc1.I. The summed E-state index contributed by atoms with van der Waals surface area (Å²) < 4.78 is 4.97. The van der Waals surface area contributed by atoms with Gasteiger partial charge >= 0.3 is 6.09 Å². The highest BCUT2D eigenvalue weighted by Gasteiger charge is 2.23. The standard InChI is InChI=1S/C20H24N4O2.HI/c1-23(2)19(21-14-16-6-4-3-5-7-16)22-15-17-8-10-18(11-9-17)24-12-13-26-20(24)25;/h3-11H,12-15H2,1-2H3,(H,21,22);1H. The van der Waals surface area contributed by atoms with Crippen LogP contribution in [0.5, 0.6) is 0 Å². The normalized spacial score (nSPS) is 13.8. The summed E-state index contributed by atoms with van der Waals surface area (Å²) in [6, 6.07) is 18.1. The van der Waals surface area contributed by atoms with Gasteiger partial charge in [0.25, 0.3) is 0 Å². The molecule has 0 saturated carbocycles. The Bertz CT molecular complexity index is 763. The highest BCUT2D eigenvalue weighted by molar-refractivity contribution is 14.0. The van der Waals surface area contributed by atoms with Gasteiger partial charge in [-0.1, -0.05) is 42.5 Å². The molecule has 0 bridgehead atoms. The van der Waals surface area contributed by atoms with Crippen molar-refractivity contribution < 1.29 is 9.53 Å². The molecule has 1 fully saturated rings. The third kappa shape index (κ3) is 5.85. The molecule has 0 spiro atoms. The number of nitrogens with one attached hydrogen (secondary N) is 1. The monoisotopic (exact) mass is 480 g/mol. The predicted octanol–water partition coefficient (Wildman–Crippen LogP) is 3.47. The second-order valence-electron chi connectivity index (χ2n) is 6.31. The van der Waals surface area contributed by atoms with E-state index in [1.54, 1.807) is 4.90 Å². The molecule has 1 N–H and O–H groups in total. The average molecular weight is 480 g/mol. The number of amides is 1. The van der Waals surface area contributed by atoms with Gasteiger partial charge in [0.1, 0.15) is 6.61 Å². The van der Waals surface area contributed by atoms with Crippen LogP contribution in [0.15, 0.2) is 59.6 Å². The van der Waals surface area contributed by atoms with Crippen molar-refractivity contribution in [2.45, 2.75) is 13.1 Å². The van der Waals surface area contributed by atoms with Crippen LogP contribution >= 0.6 is 24.0 Å². The lowest BCUT2D eigenvalue weighted by atomic mass is 10.2. The molecule has 1 saturated heterocycles. The summed E-state index contributed by atoms with van der Waals surface area (Å²) in [7, 11) is 3.94. The lowest BCUT2D eigenvalue weighted by Crippen LogP contribution is -2.36. The Morgan fingerprint density at radius 1 is 1.11 bits per heavy atom. The number of cyclic esters (lactones) is 1. The Hall–Kier alpha value is -2.29. The zero-order valence-corrected chi connectivity index (χ0v) is 17.9. The van der Waals surface area contributed by atoms with E-state index in [4.69, 9.17) is 4.74 Å². The minimum absolute atomic E-state index is 0. The maximum absolute atomic E-state index is 11.6. The molecule has 27 heavy (non-hydrogen) atoms. The first-order valence-corrected chi connectivity index (χ1v) is 8.66. The number of benzene rings is 2. The molecule has 2 aromatic rings. The molecule has 0 aromatic heterocycles. The van der Waals surface area contributed by atoms with Gasteiger partial charge in [-0.2, -0.15) is 0 Å². The third-order valence-corrected chi connectivity index (χ3v) is 4.14. The molecule has 144 valence electrons. The molecule has 7 heteroatoms. The van der Waals surface area contributed by atoms with Crippen LogP contribution in [0.25, 0.3) is 0 Å². The molecule has 1 aliphatic rings. The summed E-state index contributed by atoms with van der Waals surface area (Å²) in [5.41, 5.74) is 3.16. The Balaban J connectivity index is 0.00000261. The third-order valence-electron chi connectivity index (χ3n) is 4.14. The van der Waals surface area contributed by atoms with E-state index in [1.807, 2.05) is 61.5 Å². The molecule has 0 unspecified atom stereocenters. The quantitative estimate of drug-likeness (QED) is 0.405. The molecular formula is C20H25IN4O2. The molecule has 1 amide bonds. The molecule has 6 nitrogen and oxygen atoms in total. The summed E-state index contributed by atoms with van der Waals surface area (Å²) in [5, 5.41) is 3.37. The van der Waals surface area contributed by atoms with Crippen LogP contribution in [0.1, 0.15) is 11.1 Å². The topological polar surface area (TPSA) is 57.2 Å². The number of anilines is 1. The van der Waals surface area contributed by atoms with Gasteiger partial charge in [-0.05, 0) is 23.3 Å². The fourth-order valence-corrected chi connectivity index (χ4v) is 2.71. The van der Waals surface area contributed by atoms with Crippen molar-refractivity contribution >= 4 is 41.7 Å². The van der Waals surface area contributed by atoms with Gasteiger partial charge in [0, 0.05) is 26.3 Å². The van der Waals surface area contributed by atoms with E-state index in [0.29, 0.717) is 26.2 Å². The molecular weight excluding hydrogens is 455 g/mol. The van der Waals surface area contributed by atoms with E-state index in [-0.39, 0.29) is 30.1 Å². The number of halogens is 1. The maximum Gasteiger partial charge on any atom is 0.414 e. The first-order valence-electron chi connectivity index (χ1n) is 8.66. The van der Waals surface area contributed by atoms with Crippen LogP contribution in [0.4, 0.5) is 10.5 Å². The predicted molar refractivity (Wildman–Crippen MR) is 119 cm³/mol. The molecule has 0 aliphatic carbocycles. The lowest BCUT2D eigenvalue weighted by Gasteiger charge is -2.18. The van der Waals surface area contributed by atoms with E-state index in [9.17, 15) is 4.79 Å². The van der Waals surface area contributed by atoms with Crippen LogP contribution in [-0.4, -0.2) is 44.2 Å². The molecule has 1 heterocycles. The Labute approximate surface area is 177 Å². The smallest absolute Gasteiger partial charge is 0.414 e. The number of rotatable bonds is 5. The lowest BCUT2D eigenvalue weighted by molar-refractivity contribution is 0.181. The first-order chi connectivity index (χ1) is 12.6. The Morgan fingerprint density at radius 3 is 2.41 bits per heavy atom. The number of hydrogen-bond acceptors (Lipinski definition) is 3. The van der Waals surface area contributed by atoms with E-state index in [2.05, 4.69) is 22.4 Å². The fraction of sp³-hybridized carbons (Fsp3) is 0.300. The van der Waals surface area contributed by atoms with Crippen LogP contribution in [0, 0.1) is 0 Å². The largest absolute Gasteiger partial charge is 0.447 e. The van der Waals surface area contributed by atoms with E-state index < -0.39 is 0 Å². The summed E-state index contributed by atoms with van der Waals surface area (Å²) in [6.07, 6.45) is -0.279. The summed E-state index contributed by atoms with van der Waals surface area (Å²) in [6.45, 7) is 2.35. The van der Waals surface area contributed by atoms with Crippen LogP contribution in [-0.2, 0) is 17.8 Å². The van der Waals surface area contributed by atoms with Crippen LogP contribution in [0.3, 0.4) is 0 Å². The van der Waals surface area contributed by atoms with Crippen molar-refractivity contribution in [3.8, 4) is 0 Å². The van der Waals surface area contributed by atoms with Crippen molar-refractivity contribution in [1.82, 2.24) is 10.2 Å². The van der Waals surface area contributed by atoms with Gasteiger partial charge in [-0.3, -0.25) is 4.90 Å². The molecule has 2 aromatic carbocycles. The summed E-state index contributed by atoms with van der Waals surface area (Å²) >= 11 is 0. The van der Waals surface area contributed by atoms with Gasteiger partial charge in [-0.25, -0.2) is 9.79 Å².